The molecule has 0 spiro atoms. The van der Waals surface area contributed by atoms with Gasteiger partial charge >= 0.3 is 0 Å². The van der Waals surface area contributed by atoms with Crippen LogP contribution >= 0.6 is 27.5 Å². The summed E-state index contributed by atoms with van der Waals surface area (Å²) in [7, 11) is 2.23. The molecule has 1 aliphatic rings. The van der Waals surface area contributed by atoms with E-state index in [4.69, 9.17) is 11.6 Å². The van der Waals surface area contributed by atoms with Gasteiger partial charge in [-0.3, -0.25) is 4.90 Å². The van der Waals surface area contributed by atoms with Crippen LogP contribution in [0, 0.1) is 5.92 Å². The van der Waals surface area contributed by atoms with E-state index in [2.05, 4.69) is 46.9 Å². The zero-order chi connectivity index (χ0) is 13.8. The van der Waals surface area contributed by atoms with E-state index in [0.29, 0.717) is 0 Å². The number of benzene rings is 1. The minimum atomic E-state index is 0.725. The zero-order valence-corrected chi connectivity index (χ0v) is 14.2. The largest absolute Gasteiger partial charge is 0.299 e. The second-order valence-electron chi connectivity index (χ2n) is 5.73. The predicted octanol–water partition coefficient (Wildman–Crippen LogP) is 5.50. The molecule has 1 fully saturated rings. The molecule has 0 aliphatic heterocycles. The summed E-state index contributed by atoms with van der Waals surface area (Å²) in [6, 6.07) is 6.91. The van der Waals surface area contributed by atoms with E-state index >= 15 is 0 Å². The third-order valence-electron chi connectivity index (χ3n) is 4.45. The highest BCUT2D eigenvalue weighted by Gasteiger charge is 2.23. The van der Waals surface area contributed by atoms with Crippen LogP contribution in [-0.4, -0.2) is 18.0 Å². The van der Waals surface area contributed by atoms with Crippen LogP contribution in [0.5, 0.6) is 0 Å². The molecular formula is C16H23BrClN. The average molecular weight is 345 g/mol. The lowest BCUT2D eigenvalue weighted by atomic mass is 9.84. The molecule has 0 N–H and O–H groups in total. The van der Waals surface area contributed by atoms with Crippen molar-refractivity contribution < 1.29 is 0 Å². The summed E-state index contributed by atoms with van der Waals surface area (Å²) < 4.78 is 1.05. The maximum atomic E-state index is 6.30. The molecule has 1 saturated carbocycles. The van der Waals surface area contributed by atoms with Gasteiger partial charge in [-0.25, -0.2) is 0 Å². The van der Waals surface area contributed by atoms with Crippen LogP contribution in [-0.2, 0) is 6.54 Å². The van der Waals surface area contributed by atoms with Gasteiger partial charge < -0.3 is 0 Å². The van der Waals surface area contributed by atoms with Gasteiger partial charge in [0.25, 0.3) is 0 Å². The molecule has 1 aromatic rings. The molecule has 0 radical (unpaired) electrons. The van der Waals surface area contributed by atoms with E-state index in [0.717, 1.165) is 28.0 Å². The van der Waals surface area contributed by atoms with Crippen molar-refractivity contribution in [3.05, 3.63) is 33.3 Å². The number of hydrogen-bond donors (Lipinski definition) is 0. The van der Waals surface area contributed by atoms with Gasteiger partial charge in [0.15, 0.2) is 0 Å². The first-order valence-electron chi connectivity index (χ1n) is 7.24. The predicted molar refractivity (Wildman–Crippen MR) is 86.7 cm³/mol. The minimum Gasteiger partial charge on any atom is -0.299 e. The van der Waals surface area contributed by atoms with Crippen molar-refractivity contribution in [1.29, 1.82) is 0 Å². The SMILES string of the molecule is CCC1CCC(N(C)Cc2ccc(Br)cc2Cl)CC1. The van der Waals surface area contributed by atoms with Crippen LogP contribution in [0.1, 0.15) is 44.6 Å². The molecule has 106 valence electrons. The topological polar surface area (TPSA) is 3.24 Å². The van der Waals surface area contributed by atoms with Gasteiger partial charge in [0, 0.05) is 22.1 Å². The summed E-state index contributed by atoms with van der Waals surface area (Å²) >= 11 is 9.76. The summed E-state index contributed by atoms with van der Waals surface area (Å²) in [6.07, 6.45) is 6.79. The highest BCUT2D eigenvalue weighted by atomic mass is 79.9. The minimum absolute atomic E-state index is 0.725. The van der Waals surface area contributed by atoms with Crippen LogP contribution < -0.4 is 0 Å². The summed E-state index contributed by atoms with van der Waals surface area (Å²) in [4.78, 5) is 2.47. The van der Waals surface area contributed by atoms with E-state index in [9.17, 15) is 0 Å². The second kappa shape index (κ2) is 7.10. The zero-order valence-electron chi connectivity index (χ0n) is 11.8. The van der Waals surface area contributed by atoms with E-state index in [1.165, 1.54) is 37.7 Å². The molecule has 1 nitrogen and oxygen atoms in total. The second-order valence-corrected chi connectivity index (χ2v) is 7.06. The Morgan fingerprint density at radius 3 is 2.53 bits per heavy atom. The van der Waals surface area contributed by atoms with E-state index in [1.54, 1.807) is 0 Å². The van der Waals surface area contributed by atoms with Gasteiger partial charge in [-0.15, -0.1) is 0 Å². The Labute approximate surface area is 130 Å². The summed E-state index contributed by atoms with van der Waals surface area (Å²) in [6.45, 7) is 3.27. The van der Waals surface area contributed by atoms with Gasteiger partial charge in [0.05, 0.1) is 0 Å². The molecule has 0 atom stereocenters. The molecule has 1 aromatic carbocycles. The van der Waals surface area contributed by atoms with Crippen molar-refractivity contribution in [2.75, 3.05) is 7.05 Å². The fourth-order valence-corrected chi connectivity index (χ4v) is 3.77. The Hall–Kier alpha value is -0.0500. The number of hydrogen-bond acceptors (Lipinski definition) is 1. The van der Waals surface area contributed by atoms with Gasteiger partial charge in [-0.05, 0) is 56.3 Å². The Balaban J connectivity index is 1.92. The van der Waals surface area contributed by atoms with Crippen LogP contribution in [0.25, 0.3) is 0 Å². The molecule has 0 unspecified atom stereocenters. The van der Waals surface area contributed by atoms with E-state index in [1.807, 2.05) is 6.07 Å². The van der Waals surface area contributed by atoms with Crippen molar-refractivity contribution in [2.45, 2.75) is 51.6 Å². The highest BCUT2D eigenvalue weighted by Crippen LogP contribution is 2.30. The quantitative estimate of drug-likeness (QED) is 0.696. The summed E-state index contributed by atoms with van der Waals surface area (Å²) in [5.41, 5.74) is 1.23. The van der Waals surface area contributed by atoms with Crippen LogP contribution in [0.15, 0.2) is 22.7 Å². The number of nitrogens with zero attached hydrogens (tertiary/aromatic N) is 1. The third-order valence-corrected chi connectivity index (χ3v) is 5.30. The Bertz CT molecular complexity index is 413. The first kappa shape index (κ1) is 15.3. The van der Waals surface area contributed by atoms with Crippen molar-refractivity contribution >= 4 is 27.5 Å². The molecule has 0 bridgehead atoms. The Kier molecular flexibility index (Phi) is 5.73. The maximum Gasteiger partial charge on any atom is 0.0462 e. The smallest absolute Gasteiger partial charge is 0.0462 e. The Morgan fingerprint density at radius 2 is 1.95 bits per heavy atom. The molecule has 2 rings (SSSR count). The first-order valence-corrected chi connectivity index (χ1v) is 8.41. The lowest BCUT2D eigenvalue weighted by molar-refractivity contribution is 0.157. The maximum absolute atomic E-state index is 6.30. The van der Waals surface area contributed by atoms with Crippen molar-refractivity contribution in [3.63, 3.8) is 0 Å². The first-order chi connectivity index (χ1) is 9.10. The lowest BCUT2D eigenvalue weighted by Gasteiger charge is -2.34. The van der Waals surface area contributed by atoms with Gasteiger partial charge in [0.1, 0.15) is 0 Å². The molecule has 0 saturated heterocycles. The summed E-state index contributed by atoms with van der Waals surface area (Å²) in [5.74, 6) is 0.959. The van der Waals surface area contributed by atoms with Crippen LogP contribution in [0.4, 0.5) is 0 Å². The van der Waals surface area contributed by atoms with Crippen molar-refractivity contribution in [1.82, 2.24) is 4.90 Å². The average Bonchev–Trinajstić information content (AvgIpc) is 2.42. The third kappa shape index (κ3) is 4.21. The summed E-state index contributed by atoms with van der Waals surface area (Å²) in [5, 5.41) is 0.864. The monoisotopic (exact) mass is 343 g/mol. The standard InChI is InChI=1S/C16H23BrClN/c1-3-12-4-8-15(9-5-12)19(2)11-13-6-7-14(17)10-16(13)18/h6-7,10,12,15H,3-5,8-9,11H2,1-2H3. The highest BCUT2D eigenvalue weighted by molar-refractivity contribution is 9.10. The fraction of sp³-hybridized carbons (Fsp3) is 0.625. The van der Waals surface area contributed by atoms with Crippen LogP contribution in [0.3, 0.4) is 0 Å². The Morgan fingerprint density at radius 1 is 1.26 bits per heavy atom. The molecule has 0 aromatic heterocycles. The normalized spacial score (nSPS) is 23.8. The molecule has 0 heterocycles. The number of halogens is 2. The van der Waals surface area contributed by atoms with Crippen molar-refractivity contribution in [3.8, 4) is 0 Å². The van der Waals surface area contributed by atoms with Gasteiger partial charge in [0.2, 0.25) is 0 Å². The van der Waals surface area contributed by atoms with Gasteiger partial charge in [-0.1, -0.05) is 46.9 Å². The number of rotatable bonds is 4. The van der Waals surface area contributed by atoms with Crippen molar-refractivity contribution in [2.24, 2.45) is 5.92 Å². The molecular weight excluding hydrogens is 322 g/mol. The van der Waals surface area contributed by atoms with E-state index < -0.39 is 0 Å². The molecule has 1 aliphatic carbocycles. The molecule has 3 heteroatoms. The van der Waals surface area contributed by atoms with Gasteiger partial charge in [-0.2, -0.15) is 0 Å². The van der Waals surface area contributed by atoms with E-state index in [-0.39, 0.29) is 0 Å². The van der Waals surface area contributed by atoms with Crippen LogP contribution in [0.2, 0.25) is 5.02 Å². The fourth-order valence-electron chi connectivity index (χ4n) is 3.04. The lowest BCUT2D eigenvalue weighted by Crippen LogP contribution is -2.34. The molecule has 0 amide bonds. The molecule has 19 heavy (non-hydrogen) atoms.